The molecule has 2 nitrogen and oxygen atoms in total. The number of carbonyl (C=O) groups is 1. The van der Waals surface area contributed by atoms with E-state index in [2.05, 4.69) is 0 Å². The molecule has 0 amide bonds. The molecule has 1 unspecified atom stereocenters. The zero-order valence-corrected chi connectivity index (χ0v) is 10.1. The second-order valence-corrected chi connectivity index (χ2v) is 4.28. The first-order valence-electron chi connectivity index (χ1n) is 5.30. The summed E-state index contributed by atoms with van der Waals surface area (Å²) in [5, 5.41) is 0. The van der Waals surface area contributed by atoms with E-state index in [4.69, 9.17) is 4.74 Å². The van der Waals surface area contributed by atoms with Crippen molar-refractivity contribution in [2.45, 2.75) is 26.9 Å². The van der Waals surface area contributed by atoms with E-state index in [1.165, 1.54) is 19.2 Å². The first kappa shape index (κ1) is 12.8. The number of carbonyl (C=O) groups excluding carboxylic acids is 1. The van der Waals surface area contributed by atoms with Crippen LogP contribution in [-0.4, -0.2) is 19.0 Å². The molecular weight excluding hydrogens is 207 g/mol. The van der Waals surface area contributed by atoms with Gasteiger partial charge in [-0.3, -0.25) is 4.79 Å². The standard InChI is InChI=1S/C13H17FO2/c1-8(2)13(16-4)12(15)10-5-9(3)6-11(14)7-10/h5-8,13H,1-4H3. The minimum atomic E-state index is -0.513. The van der Waals surface area contributed by atoms with Gasteiger partial charge in [0.2, 0.25) is 0 Å². The van der Waals surface area contributed by atoms with Crippen LogP contribution < -0.4 is 0 Å². The van der Waals surface area contributed by atoms with Gasteiger partial charge in [0.25, 0.3) is 0 Å². The Morgan fingerprint density at radius 3 is 2.38 bits per heavy atom. The summed E-state index contributed by atoms with van der Waals surface area (Å²) >= 11 is 0. The molecule has 3 heteroatoms. The van der Waals surface area contributed by atoms with Gasteiger partial charge in [0.05, 0.1) is 0 Å². The maximum atomic E-state index is 13.2. The van der Waals surface area contributed by atoms with E-state index < -0.39 is 6.10 Å². The van der Waals surface area contributed by atoms with Crippen molar-refractivity contribution < 1.29 is 13.9 Å². The Labute approximate surface area is 95.4 Å². The first-order chi connectivity index (χ1) is 7.45. The highest BCUT2D eigenvalue weighted by molar-refractivity contribution is 5.99. The average molecular weight is 224 g/mol. The second kappa shape index (κ2) is 5.21. The number of hydrogen-bond donors (Lipinski definition) is 0. The Morgan fingerprint density at radius 2 is 1.94 bits per heavy atom. The third-order valence-electron chi connectivity index (χ3n) is 2.44. The fraction of sp³-hybridized carbons (Fsp3) is 0.462. The lowest BCUT2D eigenvalue weighted by atomic mass is 9.96. The van der Waals surface area contributed by atoms with Gasteiger partial charge in [0, 0.05) is 12.7 Å². The highest BCUT2D eigenvalue weighted by atomic mass is 19.1. The highest BCUT2D eigenvalue weighted by Crippen LogP contribution is 2.16. The number of rotatable bonds is 4. The van der Waals surface area contributed by atoms with Crippen LogP contribution in [0.1, 0.15) is 29.8 Å². The molecule has 1 aromatic carbocycles. The van der Waals surface area contributed by atoms with E-state index in [9.17, 15) is 9.18 Å². The molecule has 16 heavy (non-hydrogen) atoms. The zero-order chi connectivity index (χ0) is 12.3. The maximum absolute atomic E-state index is 13.2. The Morgan fingerprint density at radius 1 is 1.31 bits per heavy atom. The van der Waals surface area contributed by atoms with Crippen LogP contribution >= 0.6 is 0 Å². The van der Waals surface area contributed by atoms with Crippen LogP contribution in [0, 0.1) is 18.7 Å². The third-order valence-corrected chi connectivity index (χ3v) is 2.44. The fourth-order valence-corrected chi connectivity index (χ4v) is 1.72. The van der Waals surface area contributed by atoms with Crippen molar-refractivity contribution >= 4 is 5.78 Å². The lowest BCUT2D eigenvalue weighted by Crippen LogP contribution is -2.28. The molecule has 0 aliphatic rings. The van der Waals surface area contributed by atoms with Crippen molar-refractivity contribution in [3.05, 3.63) is 35.1 Å². The van der Waals surface area contributed by atoms with Crippen molar-refractivity contribution in [3.63, 3.8) is 0 Å². The summed E-state index contributed by atoms with van der Waals surface area (Å²) in [6, 6.07) is 4.33. The van der Waals surface area contributed by atoms with Gasteiger partial charge in [0.1, 0.15) is 11.9 Å². The molecule has 1 rings (SSSR count). The van der Waals surface area contributed by atoms with Gasteiger partial charge in [-0.1, -0.05) is 13.8 Å². The first-order valence-corrected chi connectivity index (χ1v) is 5.30. The van der Waals surface area contributed by atoms with E-state index in [-0.39, 0.29) is 17.5 Å². The minimum Gasteiger partial charge on any atom is -0.373 e. The lowest BCUT2D eigenvalue weighted by Gasteiger charge is -2.18. The van der Waals surface area contributed by atoms with Gasteiger partial charge in [-0.25, -0.2) is 4.39 Å². The average Bonchev–Trinajstić information content (AvgIpc) is 2.16. The number of Topliss-reactive ketones (excluding diaryl/α,β-unsaturated/α-hetero) is 1. The van der Waals surface area contributed by atoms with E-state index in [1.807, 2.05) is 13.8 Å². The number of benzene rings is 1. The molecule has 0 radical (unpaired) electrons. The molecule has 0 aliphatic carbocycles. The van der Waals surface area contributed by atoms with Crippen LogP contribution in [0.15, 0.2) is 18.2 Å². The number of ketones is 1. The van der Waals surface area contributed by atoms with Crippen molar-refractivity contribution in [2.75, 3.05) is 7.11 Å². The molecular formula is C13H17FO2. The molecule has 0 aromatic heterocycles. The van der Waals surface area contributed by atoms with Gasteiger partial charge in [-0.15, -0.1) is 0 Å². The molecule has 0 N–H and O–H groups in total. The van der Waals surface area contributed by atoms with Gasteiger partial charge in [-0.05, 0) is 36.6 Å². The van der Waals surface area contributed by atoms with Crippen LogP contribution in [0.5, 0.6) is 0 Å². The van der Waals surface area contributed by atoms with Gasteiger partial charge < -0.3 is 4.74 Å². The lowest BCUT2D eigenvalue weighted by molar-refractivity contribution is 0.0458. The van der Waals surface area contributed by atoms with E-state index in [0.717, 1.165) is 5.56 Å². The molecule has 0 spiro atoms. The summed E-state index contributed by atoms with van der Waals surface area (Å²) in [7, 11) is 1.49. The van der Waals surface area contributed by atoms with E-state index in [0.29, 0.717) is 5.56 Å². The Balaban J connectivity index is 3.03. The monoisotopic (exact) mass is 224 g/mol. The van der Waals surface area contributed by atoms with Crippen molar-refractivity contribution in [1.29, 1.82) is 0 Å². The number of hydrogen-bond acceptors (Lipinski definition) is 2. The smallest absolute Gasteiger partial charge is 0.191 e. The zero-order valence-electron chi connectivity index (χ0n) is 10.1. The van der Waals surface area contributed by atoms with Crippen LogP contribution in [0.25, 0.3) is 0 Å². The summed E-state index contributed by atoms with van der Waals surface area (Å²) in [5.41, 5.74) is 1.11. The van der Waals surface area contributed by atoms with Crippen molar-refractivity contribution in [3.8, 4) is 0 Å². The Hall–Kier alpha value is -1.22. The van der Waals surface area contributed by atoms with E-state index in [1.54, 1.807) is 13.0 Å². The molecule has 88 valence electrons. The van der Waals surface area contributed by atoms with Gasteiger partial charge >= 0.3 is 0 Å². The van der Waals surface area contributed by atoms with Crippen LogP contribution in [0.3, 0.4) is 0 Å². The summed E-state index contributed by atoms with van der Waals surface area (Å²) in [5.74, 6) is -0.483. The summed E-state index contributed by atoms with van der Waals surface area (Å²) in [4.78, 5) is 12.0. The molecule has 0 saturated heterocycles. The van der Waals surface area contributed by atoms with E-state index >= 15 is 0 Å². The number of aryl methyl sites for hydroxylation is 1. The number of ether oxygens (including phenoxy) is 1. The molecule has 0 aliphatic heterocycles. The minimum absolute atomic E-state index is 0.0704. The van der Waals surface area contributed by atoms with Gasteiger partial charge in [0.15, 0.2) is 5.78 Å². The number of halogens is 1. The largest absolute Gasteiger partial charge is 0.373 e. The Bertz CT molecular complexity index is 365. The Kier molecular flexibility index (Phi) is 4.19. The summed E-state index contributed by atoms with van der Waals surface area (Å²) in [6.45, 7) is 5.56. The fourth-order valence-electron chi connectivity index (χ4n) is 1.72. The normalized spacial score (nSPS) is 12.9. The van der Waals surface area contributed by atoms with Crippen LogP contribution in [0.2, 0.25) is 0 Å². The molecule has 0 fully saturated rings. The summed E-state index contributed by atoms with van der Waals surface area (Å²) in [6.07, 6.45) is -0.513. The van der Waals surface area contributed by atoms with Crippen LogP contribution in [0.4, 0.5) is 4.39 Å². The van der Waals surface area contributed by atoms with Crippen molar-refractivity contribution in [2.24, 2.45) is 5.92 Å². The molecule has 0 heterocycles. The molecule has 0 bridgehead atoms. The molecule has 0 saturated carbocycles. The second-order valence-electron chi connectivity index (χ2n) is 4.28. The predicted molar refractivity (Wildman–Crippen MR) is 61.1 cm³/mol. The third kappa shape index (κ3) is 2.89. The molecule has 1 aromatic rings. The summed E-state index contributed by atoms with van der Waals surface area (Å²) < 4.78 is 18.3. The maximum Gasteiger partial charge on any atom is 0.191 e. The predicted octanol–water partition coefficient (Wildman–Crippen LogP) is 2.99. The van der Waals surface area contributed by atoms with Gasteiger partial charge in [-0.2, -0.15) is 0 Å². The number of methoxy groups -OCH3 is 1. The van der Waals surface area contributed by atoms with Crippen LogP contribution in [-0.2, 0) is 4.74 Å². The van der Waals surface area contributed by atoms with Crippen molar-refractivity contribution in [1.82, 2.24) is 0 Å². The highest BCUT2D eigenvalue weighted by Gasteiger charge is 2.23. The topological polar surface area (TPSA) is 26.3 Å². The SMILES string of the molecule is COC(C(=O)c1cc(C)cc(F)c1)C(C)C. The quantitative estimate of drug-likeness (QED) is 0.735. The molecule has 1 atom stereocenters.